The quantitative estimate of drug-likeness (QED) is 0.779. The maximum Gasteiger partial charge on any atom is 0.210 e. The van der Waals surface area contributed by atoms with Gasteiger partial charge in [-0.15, -0.1) is 0 Å². The number of ether oxygens (including phenoxy) is 1. The summed E-state index contributed by atoms with van der Waals surface area (Å²) >= 11 is 0. The summed E-state index contributed by atoms with van der Waals surface area (Å²) in [6, 6.07) is 0. The molecule has 0 amide bonds. The molecule has 23 heavy (non-hydrogen) atoms. The van der Waals surface area contributed by atoms with Gasteiger partial charge in [-0.05, 0) is 62.7 Å². The molecule has 1 saturated heterocycles. The van der Waals surface area contributed by atoms with Crippen LogP contribution >= 0.6 is 0 Å². The summed E-state index contributed by atoms with van der Waals surface area (Å²) in [5, 5.41) is 9.14. The van der Waals surface area contributed by atoms with Crippen molar-refractivity contribution < 1.29 is 19.6 Å². The molecular formula is C19H32O4. The molecule has 0 radical (unpaired) electrons. The molecular weight excluding hydrogens is 292 g/mol. The van der Waals surface area contributed by atoms with Crippen LogP contribution in [0.15, 0.2) is 0 Å². The van der Waals surface area contributed by atoms with Gasteiger partial charge < -0.3 is 9.84 Å². The summed E-state index contributed by atoms with van der Waals surface area (Å²) in [6.07, 6.45) is 9.85. The summed E-state index contributed by atoms with van der Waals surface area (Å²) < 4.78 is 6.68. The van der Waals surface area contributed by atoms with Crippen LogP contribution in [-0.4, -0.2) is 23.3 Å². The third-order valence-corrected chi connectivity index (χ3v) is 7.06. The first kappa shape index (κ1) is 16.3. The summed E-state index contributed by atoms with van der Waals surface area (Å²) in [4.78, 5) is 12.0. The van der Waals surface area contributed by atoms with E-state index in [0.29, 0.717) is 17.8 Å². The van der Waals surface area contributed by atoms with E-state index in [-0.39, 0.29) is 6.61 Å². The highest BCUT2D eigenvalue weighted by Crippen LogP contribution is 2.58. The highest BCUT2D eigenvalue weighted by Gasteiger charge is 2.62. The molecule has 1 heterocycles. The van der Waals surface area contributed by atoms with Crippen LogP contribution in [-0.2, 0) is 14.5 Å². The summed E-state index contributed by atoms with van der Waals surface area (Å²) in [7, 11) is 0. The first-order chi connectivity index (χ1) is 11.1. The lowest BCUT2D eigenvalue weighted by molar-refractivity contribution is -0.380. The monoisotopic (exact) mass is 324 g/mol. The molecule has 4 fully saturated rings. The fraction of sp³-hybridized carbons (Fsp3) is 1.00. The molecule has 4 nitrogen and oxygen atoms in total. The molecule has 1 N–H and O–H groups in total. The molecule has 5 atom stereocenters. The minimum Gasteiger partial charge on any atom is -0.396 e. The topological polar surface area (TPSA) is 47.9 Å². The number of hydrogen-bond donors (Lipinski definition) is 1. The Labute approximate surface area is 139 Å². The van der Waals surface area contributed by atoms with Crippen LogP contribution in [0.5, 0.6) is 0 Å². The van der Waals surface area contributed by atoms with Gasteiger partial charge in [-0.3, -0.25) is 0 Å². The van der Waals surface area contributed by atoms with Crippen molar-refractivity contribution in [2.24, 2.45) is 29.6 Å². The van der Waals surface area contributed by atoms with Gasteiger partial charge in [0.15, 0.2) is 0 Å². The van der Waals surface area contributed by atoms with Crippen molar-refractivity contribution in [3.63, 3.8) is 0 Å². The van der Waals surface area contributed by atoms with Gasteiger partial charge in [-0.2, -0.15) is 9.78 Å². The number of rotatable bonds is 2. The van der Waals surface area contributed by atoms with Crippen LogP contribution in [0.25, 0.3) is 0 Å². The SMILES string of the molecule is CC1CC2CC(C)C3(OOC4(CCC(CCO)CC4)O3)C(C1)C2. The molecule has 4 rings (SSSR count). The molecule has 2 bridgehead atoms. The highest BCUT2D eigenvalue weighted by atomic mass is 17.3. The molecule has 2 spiro atoms. The minimum atomic E-state index is -0.520. The van der Waals surface area contributed by atoms with E-state index >= 15 is 0 Å². The average molecular weight is 324 g/mol. The predicted molar refractivity (Wildman–Crippen MR) is 86.2 cm³/mol. The van der Waals surface area contributed by atoms with Gasteiger partial charge in [-0.25, -0.2) is 0 Å². The molecule has 0 aromatic heterocycles. The van der Waals surface area contributed by atoms with Crippen LogP contribution in [0, 0.1) is 29.6 Å². The van der Waals surface area contributed by atoms with Crippen molar-refractivity contribution in [2.45, 2.75) is 83.2 Å². The average Bonchev–Trinajstić information content (AvgIpc) is 2.89. The van der Waals surface area contributed by atoms with Crippen molar-refractivity contribution in [3.05, 3.63) is 0 Å². The van der Waals surface area contributed by atoms with E-state index in [1.165, 1.54) is 25.7 Å². The second-order valence-corrected chi connectivity index (χ2v) is 8.87. The zero-order valence-corrected chi connectivity index (χ0v) is 14.6. The maximum atomic E-state index is 9.14. The molecule has 5 unspecified atom stereocenters. The van der Waals surface area contributed by atoms with E-state index in [1.54, 1.807) is 0 Å². The third kappa shape index (κ3) is 2.76. The van der Waals surface area contributed by atoms with Crippen molar-refractivity contribution >= 4 is 0 Å². The molecule has 4 heteroatoms. The van der Waals surface area contributed by atoms with E-state index in [0.717, 1.165) is 43.9 Å². The maximum absolute atomic E-state index is 9.14. The second-order valence-electron chi connectivity index (χ2n) is 8.87. The van der Waals surface area contributed by atoms with Crippen molar-refractivity contribution in [2.75, 3.05) is 6.61 Å². The van der Waals surface area contributed by atoms with Crippen molar-refractivity contribution in [1.82, 2.24) is 0 Å². The van der Waals surface area contributed by atoms with E-state index < -0.39 is 11.6 Å². The van der Waals surface area contributed by atoms with E-state index in [9.17, 15) is 0 Å². The van der Waals surface area contributed by atoms with Crippen LogP contribution in [0.2, 0.25) is 0 Å². The molecule has 0 aromatic rings. The molecule has 0 aromatic carbocycles. The lowest BCUT2D eigenvalue weighted by atomic mass is 9.62. The van der Waals surface area contributed by atoms with Gasteiger partial charge >= 0.3 is 0 Å². The van der Waals surface area contributed by atoms with Gasteiger partial charge in [0.25, 0.3) is 0 Å². The molecule has 3 saturated carbocycles. The molecule has 4 aliphatic rings. The first-order valence-electron chi connectivity index (χ1n) is 9.73. The van der Waals surface area contributed by atoms with Gasteiger partial charge in [0.1, 0.15) is 0 Å². The van der Waals surface area contributed by atoms with E-state index in [2.05, 4.69) is 13.8 Å². The fourth-order valence-corrected chi connectivity index (χ4v) is 5.91. The normalized spacial score (nSPS) is 53.1. The summed E-state index contributed by atoms with van der Waals surface area (Å²) in [5.74, 6) is 2.09. The van der Waals surface area contributed by atoms with E-state index in [4.69, 9.17) is 19.6 Å². The number of fused-ring (bicyclic) bond motifs is 3. The summed E-state index contributed by atoms with van der Waals surface area (Å²) in [5.41, 5.74) is 0. The van der Waals surface area contributed by atoms with E-state index in [1.807, 2.05) is 0 Å². The number of aliphatic hydroxyl groups is 1. The van der Waals surface area contributed by atoms with Gasteiger partial charge in [-0.1, -0.05) is 13.8 Å². The van der Waals surface area contributed by atoms with Crippen molar-refractivity contribution in [1.29, 1.82) is 0 Å². The second kappa shape index (κ2) is 5.98. The lowest BCUT2D eigenvalue weighted by Crippen LogP contribution is -2.54. The standard InChI is InChI=1S/C19H32O4/c1-13-9-16-11-14(2)19(17(10-13)12-16)21-18(22-23-19)6-3-15(4-7-18)5-8-20/h13-17,20H,3-12H2,1-2H3. The van der Waals surface area contributed by atoms with Gasteiger partial charge in [0, 0.05) is 31.3 Å². The van der Waals surface area contributed by atoms with Crippen LogP contribution < -0.4 is 0 Å². The molecule has 3 aliphatic carbocycles. The molecule has 1 aliphatic heterocycles. The molecule has 132 valence electrons. The smallest absolute Gasteiger partial charge is 0.210 e. The number of hydrogen-bond acceptors (Lipinski definition) is 4. The Hall–Kier alpha value is -0.160. The van der Waals surface area contributed by atoms with Crippen LogP contribution in [0.1, 0.15) is 71.6 Å². The number of aliphatic hydroxyl groups excluding tert-OH is 1. The highest BCUT2D eigenvalue weighted by molar-refractivity contribution is 4.99. The first-order valence-corrected chi connectivity index (χ1v) is 9.73. The van der Waals surface area contributed by atoms with Crippen molar-refractivity contribution in [3.8, 4) is 0 Å². The Kier molecular flexibility index (Phi) is 4.24. The largest absolute Gasteiger partial charge is 0.396 e. The van der Waals surface area contributed by atoms with Gasteiger partial charge in [0.05, 0.1) is 0 Å². The fourth-order valence-electron chi connectivity index (χ4n) is 5.91. The van der Waals surface area contributed by atoms with Gasteiger partial charge in [0.2, 0.25) is 11.6 Å². The zero-order chi connectivity index (χ0) is 16.1. The lowest BCUT2D eigenvalue weighted by Gasteiger charge is -2.50. The Morgan fingerprint density at radius 1 is 1.00 bits per heavy atom. The Morgan fingerprint density at radius 3 is 2.52 bits per heavy atom. The van der Waals surface area contributed by atoms with Crippen LogP contribution in [0.3, 0.4) is 0 Å². The summed E-state index contributed by atoms with van der Waals surface area (Å²) in [6.45, 7) is 4.95. The Morgan fingerprint density at radius 2 is 1.78 bits per heavy atom. The Bertz CT molecular complexity index is 427. The third-order valence-electron chi connectivity index (χ3n) is 7.06. The predicted octanol–water partition coefficient (Wildman–Crippen LogP) is 4.02. The van der Waals surface area contributed by atoms with Crippen LogP contribution in [0.4, 0.5) is 0 Å². The zero-order valence-electron chi connectivity index (χ0n) is 14.6. The Balaban J connectivity index is 1.48. The minimum absolute atomic E-state index is 0.290.